The number of nitrogens with zero attached hydrogens (tertiary/aromatic N) is 1. The van der Waals surface area contributed by atoms with E-state index in [0.717, 1.165) is 23.5 Å². The lowest BCUT2D eigenvalue weighted by Gasteiger charge is -2.34. The molecule has 2 aromatic rings. The Kier molecular flexibility index (Phi) is 8.71. The molecule has 1 aliphatic carbocycles. The predicted molar refractivity (Wildman–Crippen MR) is 153 cm³/mol. The standard InChI is InChI=1S/C26H31BrClN5O4S/c1-26(7-8-26)17-37-24(25(34)31-20-4-2-3-19(28)14-20)23(15-29)32-9-11-33(12-10-32)38(35,36)16-18-5-6-21(27)22(30)13-18/h2-6,13-15,29H,7-12,16-17,30H2,1H3,(H,31,34)/p+1/b24-23-,29-15?. The van der Waals surface area contributed by atoms with Crippen LogP contribution < -0.4 is 15.4 Å². The quantitative estimate of drug-likeness (QED) is 0.139. The molecule has 0 bridgehead atoms. The van der Waals surface area contributed by atoms with Crippen molar-refractivity contribution < 1.29 is 22.3 Å². The van der Waals surface area contributed by atoms with Crippen molar-refractivity contribution in [1.29, 1.82) is 5.41 Å². The van der Waals surface area contributed by atoms with Crippen LogP contribution in [0.5, 0.6) is 0 Å². The van der Waals surface area contributed by atoms with Gasteiger partial charge in [0.15, 0.2) is 0 Å². The van der Waals surface area contributed by atoms with Gasteiger partial charge in [0.05, 0.1) is 19.7 Å². The van der Waals surface area contributed by atoms with Crippen LogP contribution in [0, 0.1) is 10.8 Å². The number of nitrogens with two attached hydrogens (primary N) is 1. The van der Waals surface area contributed by atoms with E-state index in [9.17, 15) is 13.2 Å². The van der Waals surface area contributed by atoms with E-state index in [-0.39, 0.29) is 16.9 Å². The van der Waals surface area contributed by atoms with Crippen LogP contribution in [-0.4, -0.2) is 58.2 Å². The van der Waals surface area contributed by atoms with Crippen molar-refractivity contribution in [3.8, 4) is 0 Å². The number of carbonyl (C=O) groups excluding carboxylic acids is 1. The summed E-state index contributed by atoms with van der Waals surface area (Å²) in [6.07, 6.45) is 3.13. The highest BCUT2D eigenvalue weighted by Gasteiger charge is 2.39. The molecule has 1 amide bonds. The van der Waals surface area contributed by atoms with Crippen LogP contribution in [0.15, 0.2) is 58.4 Å². The summed E-state index contributed by atoms with van der Waals surface area (Å²) in [7, 11) is -3.50. The minimum atomic E-state index is -3.50. The minimum absolute atomic E-state index is 0.0159. The highest BCUT2D eigenvalue weighted by atomic mass is 79.9. The fraction of sp³-hybridized carbons (Fsp3) is 0.385. The van der Waals surface area contributed by atoms with Crippen LogP contribution in [0.4, 0.5) is 11.4 Å². The van der Waals surface area contributed by atoms with E-state index in [4.69, 9.17) is 27.5 Å². The van der Waals surface area contributed by atoms with Gasteiger partial charge in [0.2, 0.25) is 5.76 Å². The number of allylic oxidation sites excluding steroid dienone is 1. The van der Waals surface area contributed by atoms with Crippen molar-refractivity contribution in [3.05, 3.63) is 69.0 Å². The highest BCUT2D eigenvalue weighted by molar-refractivity contribution is 9.10. The average molecular weight is 626 g/mol. The number of quaternary nitrogens is 1. The SMILES string of the molecule is CC1(CO/C(C(=O)Nc2cccc(Cl)c2)=C(/C=N)N2CC[NH+](S(=O)(=O)Cc3ccc(Br)c(N)c3)CC2)CC1. The Hall–Kier alpha value is -2.60. The summed E-state index contributed by atoms with van der Waals surface area (Å²) >= 11 is 9.39. The number of nitrogens with one attached hydrogen (secondary N) is 3. The predicted octanol–water partition coefficient (Wildman–Crippen LogP) is 3.03. The molecule has 9 nitrogen and oxygen atoms in total. The van der Waals surface area contributed by atoms with Crippen LogP contribution in [0.25, 0.3) is 0 Å². The summed E-state index contributed by atoms with van der Waals surface area (Å²) in [5, 5.41) is 11.4. The van der Waals surface area contributed by atoms with Gasteiger partial charge in [0.25, 0.3) is 15.9 Å². The molecule has 1 heterocycles. The van der Waals surface area contributed by atoms with Crippen LogP contribution in [-0.2, 0) is 25.3 Å². The number of ether oxygens (including phenoxy) is 1. The van der Waals surface area contributed by atoms with Crippen LogP contribution in [0.2, 0.25) is 5.02 Å². The molecule has 1 saturated carbocycles. The van der Waals surface area contributed by atoms with E-state index in [2.05, 4.69) is 28.2 Å². The lowest BCUT2D eigenvalue weighted by molar-refractivity contribution is -0.773. The fourth-order valence-electron chi connectivity index (χ4n) is 4.23. The van der Waals surface area contributed by atoms with Gasteiger partial charge in [-0.25, -0.2) is 4.31 Å². The molecule has 38 heavy (non-hydrogen) atoms. The Labute approximate surface area is 236 Å². The lowest BCUT2D eigenvalue weighted by Crippen LogP contribution is -3.16. The Bertz CT molecular complexity index is 1360. The van der Waals surface area contributed by atoms with Crippen molar-refractivity contribution in [2.75, 3.05) is 43.8 Å². The molecule has 0 unspecified atom stereocenters. The molecule has 12 heteroatoms. The van der Waals surface area contributed by atoms with Crippen LogP contribution in [0.3, 0.4) is 0 Å². The van der Waals surface area contributed by atoms with Crippen molar-refractivity contribution in [1.82, 2.24) is 4.90 Å². The van der Waals surface area contributed by atoms with E-state index in [0.29, 0.717) is 64.7 Å². The summed E-state index contributed by atoms with van der Waals surface area (Å²) in [5.74, 6) is -0.558. The van der Waals surface area contributed by atoms with Gasteiger partial charge in [-0.1, -0.05) is 30.7 Å². The molecule has 0 aromatic heterocycles. The second kappa shape index (κ2) is 11.6. The Morgan fingerprint density at radius 1 is 1.26 bits per heavy atom. The van der Waals surface area contributed by atoms with Gasteiger partial charge in [-0.2, -0.15) is 8.42 Å². The molecule has 204 valence electrons. The number of hydrogen-bond acceptors (Lipinski definition) is 7. The summed E-state index contributed by atoms with van der Waals surface area (Å²) < 4.78 is 33.5. The number of halogens is 2. The zero-order valence-electron chi connectivity index (χ0n) is 21.1. The van der Waals surface area contributed by atoms with E-state index in [1.807, 2.05) is 4.90 Å². The zero-order chi connectivity index (χ0) is 27.5. The number of carbonyl (C=O) groups is 1. The minimum Gasteiger partial charge on any atom is -0.486 e. The molecule has 0 spiro atoms. The van der Waals surface area contributed by atoms with E-state index in [1.54, 1.807) is 42.5 Å². The Balaban J connectivity index is 1.49. The van der Waals surface area contributed by atoms with E-state index >= 15 is 0 Å². The lowest BCUT2D eigenvalue weighted by atomic mass is 10.2. The molecule has 0 radical (unpaired) electrons. The fourth-order valence-corrected chi connectivity index (χ4v) is 6.29. The summed E-state index contributed by atoms with van der Waals surface area (Å²) in [4.78, 5) is 15.1. The number of hydrogen-bond donors (Lipinski definition) is 4. The molecule has 2 fully saturated rings. The van der Waals surface area contributed by atoms with Gasteiger partial charge in [0, 0.05) is 32.5 Å². The molecule has 0 atom stereocenters. The highest BCUT2D eigenvalue weighted by Crippen LogP contribution is 2.45. The number of sulfonamides is 1. The maximum Gasteiger partial charge on any atom is 0.299 e. The van der Waals surface area contributed by atoms with Crippen molar-refractivity contribution in [2.45, 2.75) is 25.5 Å². The van der Waals surface area contributed by atoms with E-state index in [1.165, 1.54) is 0 Å². The number of nitrogen functional groups attached to an aromatic ring is 1. The monoisotopic (exact) mass is 624 g/mol. The van der Waals surface area contributed by atoms with Crippen molar-refractivity contribution in [2.24, 2.45) is 5.41 Å². The first kappa shape index (κ1) is 28.4. The van der Waals surface area contributed by atoms with Gasteiger partial charge in [-0.15, -0.1) is 0 Å². The second-order valence-electron chi connectivity index (χ2n) is 10.1. The number of anilines is 2. The zero-order valence-corrected chi connectivity index (χ0v) is 24.3. The third-order valence-electron chi connectivity index (χ3n) is 6.85. The Morgan fingerprint density at radius 3 is 2.58 bits per heavy atom. The first-order valence-electron chi connectivity index (χ1n) is 12.3. The average Bonchev–Trinajstić information content (AvgIpc) is 3.61. The maximum absolute atomic E-state index is 13.3. The summed E-state index contributed by atoms with van der Waals surface area (Å²) in [6, 6.07) is 11.9. The normalized spacial score (nSPS) is 17.9. The van der Waals surface area contributed by atoms with Crippen LogP contribution in [0.1, 0.15) is 25.3 Å². The first-order valence-corrected chi connectivity index (χ1v) is 15.1. The van der Waals surface area contributed by atoms with Gasteiger partial charge in [-0.05, 0) is 64.7 Å². The number of amides is 1. The molecule has 4 rings (SSSR count). The third-order valence-corrected chi connectivity index (χ3v) is 9.80. The molecule has 2 aromatic carbocycles. The third kappa shape index (κ3) is 7.07. The molecule has 2 aliphatic rings. The molecular weight excluding hydrogens is 594 g/mol. The number of piperazine rings is 1. The van der Waals surface area contributed by atoms with Gasteiger partial charge < -0.3 is 26.1 Å². The smallest absolute Gasteiger partial charge is 0.299 e. The van der Waals surface area contributed by atoms with Gasteiger partial charge in [0.1, 0.15) is 24.5 Å². The molecule has 1 saturated heterocycles. The second-order valence-corrected chi connectivity index (χ2v) is 13.4. The molecule has 1 aliphatic heterocycles. The molecular formula is C26H32BrClN5O4S+. The van der Waals surface area contributed by atoms with Crippen LogP contribution >= 0.6 is 27.5 Å². The molecule has 5 N–H and O–H groups in total. The summed E-state index contributed by atoms with van der Waals surface area (Å²) in [6.45, 7) is 3.74. The topological polar surface area (TPSA) is 130 Å². The number of benzene rings is 2. The Morgan fingerprint density at radius 2 is 1.97 bits per heavy atom. The van der Waals surface area contributed by atoms with Gasteiger partial charge in [-0.3, -0.25) is 4.79 Å². The van der Waals surface area contributed by atoms with Crippen molar-refractivity contribution >= 4 is 61.1 Å². The first-order chi connectivity index (χ1) is 18.0. The largest absolute Gasteiger partial charge is 0.486 e. The van der Waals surface area contributed by atoms with E-state index < -0.39 is 15.9 Å². The van der Waals surface area contributed by atoms with Gasteiger partial charge >= 0.3 is 0 Å². The summed E-state index contributed by atoms with van der Waals surface area (Å²) in [5.41, 5.74) is 7.89. The number of rotatable bonds is 10. The van der Waals surface area contributed by atoms with Crippen molar-refractivity contribution in [3.63, 3.8) is 0 Å². The maximum atomic E-state index is 13.3.